The Kier molecular flexibility index (Phi) is 5.41. The fourth-order valence-corrected chi connectivity index (χ4v) is 4.07. The van der Waals surface area contributed by atoms with Crippen LogP contribution in [0.4, 0.5) is 0 Å². The van der Waals surface area contributed by atoms with Gasteiger partial charge in [-0.3, -0.25) is 9.69 Å². The zero-order valence-electron chi connectivity index (χ0n) is 17.2. The molecule has 7 nitrogen and oxygen atoms in total. The molecule has 156 valence electrons. The molecular formula is C24H24N6O. The van der Waals surface area contributed by atoms with Crippen LogP contribution in [0.5, 0.6) is 0 Å². The molecule has 0 spiro atoms. The van der Waals surface area contributed by atoms with Crippen LogP contribution < -0.4 is 5.32 Å². The molecule has 0 atom stereocenters. The Morgan fingerprint density at radius 2 is 1.94 bits per heavy atom. The summed E-state index contributed by atoms with van der Waals surface area (Å²) in [6.45, 7) is 3.69. The number of rotatable bonds is 6. The Hall–Kier alpha value is -3.58. The summed E-state index contributed by atoms with van der Waals surface area (Å²) in [5.41, 5.74) is 5.64. The number of fused-ring (bicyclic) bond motifs is 2. The van der Waals surface area contributed by atoms with E-state index in [1.807, 2.05) is 36.4 Å². The Labute approximate surface area is 180 Å². The van der Waals surface area contributed by atoms with Crippen LogP contribution in [-0.2, 0) is 13.0 Å². The summed E-state index contributed by atoms with van der Waals surface area (Å²) in [5, 5.41) is 11.4. The summed E-state index contributed by atoms with van der Waals surface area (Å²) < 4.78 is 1.65. The Morgan fingerprint density at radius 3 is 2.87 bits per heavy atom. The average Bonchev–Trinajstić information content (AvgIpc) is 3.26. The number of benzene rings is 2. The summed E-state index contributed by atoms with van der Waals surface area (Å²) in [6.07, 6.45) is 3.73. The van der Waals surface area contributed by atoms with Gasteiger partial charge >= 0.3 is 0 Å². The quantitative estimate of drug-likeness (QED) is 0.493. The fourth-order valence-electron chi connectivity index (χ4n) is 4.07. The van der Waals surface area contributed by atoms with Crippen molar-refractivity contribution in [3.63, 3.8) is 0 Å². The molecule has 2 aromatic heterocycles. The molecule has 0 radical (unpaired) electrons. The summed E-state index contributed by atoms with van der Waals surface area (Å²) in [7, 11) is 0. The predicted octanol–water partition coefficient (Wildman–Crippen LogP) is 2.99. The molecule has 1 N–H and O–H groups in total. The van der Waals surface area contributed by atoms with E-state index >= 15 is 0 Å². The van der Waals surface area contributed by atoms with Crippen molar-refractivity contribution in [1.82, 2.24) is 30.2 Å². The van der Waals surface area contributed by atoms with Crippen molar-refractivity contribution in [2.24, 2.45) is 0 Å². The van der Waals surface area contributed by atoms with E-state index in [1.165, 1.54) is 11.1 Å². The molecule has 0 saturated carbocycles. The van der Waals surface area contributed by atoms with Gasteiger partial charge < -0.3 is 5.32 Å². The van der Waals surface area contributed by atoms with Crippen LogP contribution in [0, 0.1) is 0 Å². The minimum absolute atomic E-state index is 0.0804. The molecular weight excluding hydrogens is 388 g/mol. The number of hydrogen-bond acceptors (Lipinski definition) is 5. The van der Waals surface area contributed by atoms with Crippen molar-refractivity contribution in [2.45, 2.75) is 19.4 Å². The van der Waals surface area contributed by atoms with Crippen LogP contribution in [-0.4, -0.2) is 50.4 Å². The zero-order valence-corrected chi connectivity index (χ0v) is 17.2. The molecule has 0 unspecified atom stereocenters. The van der Waals surface area contributed by atoms with Crippen LogP contribution in [0.3, 0.4) is 0 Å². The highest BCUT2D eigenvalue weighted by atomic mass is 16.1. The smallest absolute Gasteiger partial charge is 0.251 e. The van der Waals surface area contributed by atoms with Crippen LogP contribution in [0.1, 0.15) is 27.9 Å². The molecule has 5 rings (SSSR count). The maximum atomic E-state index is 12.7. The summed E-state index contributed by atoms with van der Waals surface area (Å²) >= 11 is 0. The van der Waals surface area contributed by atoms with Crippen molar-refractivity contribution < 1.29 is 4.79 Å². The third-order valence-electron chi connectivity index (χ3n) is 5.71. The molecule has 4 aromatic rings. The van der Waals surface area contributed by atoms with Gasteiger partial charge in [0.2, 0.25) is 0 Å². The molecule has 1 aliphatic heterocycles. The van der Waals surface area contributed by atoms with E-state index in [-0.39, 0.29) is 5.91 Å². The Morgan fingerprint density at radius 1 is 1.03 bits per heavy atom. The van der Waals surface area contributed by atoms with Crippen molar-refractivity contribution in [2.75, 3.05) is 19.6 Å². The van der Waals surface area contributed by atoms with Gasteiger partial charge in [0.1, 0.15) is 5.52 Å². The van der Waals surface area contributed by atoms with Gasteiger partial charge in [-0.1, -0.05) is 35.5 Å². The van der Waals surface area contributed by atoms with Crippen molar-refractivity contribution in [3.8, 4) is 5.69 Å². The number of nitrogens with one attached hydrogen (secondary N) is 1. The van der Waals surface area contributed by atoms with Gasteiger partial charge in [-0.25, -0.2) is 4.98 Å². The number of pyridine rings is 1. The third kappa shape index (κ3) is 4.18. The Bertz CT molecular complexity index is 1220. The number of hydrogen-bond donors (Lipinski definition) is 1. The SMILES string of the molecule is O=C(NCCCN1CCc2ccccc2C1)c1cccc(-n2nnc3cccnc32)c1. The van der Waals surface area contributed by atoms with E-state index < -0.39 is 0 Å². The second-order valence-corrected chi connectivity index (χ2v) is 7.80. The highest BCUT2D eigenvalue weighted by molar-refractivity contribution is 5.94. The molecule has 0 saturated heterocycles. The van der Waals surface area contributed by atoms with E-state index in [9.17, 15) is 4.79 Å². The third-order valence-corrected chi connectivity index (χ3v) is 5.71. The lowest BCUT2D eigenvalue weighted by Crippen LogP contribution is -2.33. The molecule has 0 aliphatic carbocycles. The van der Waals surface area contributed by atoms with Gasteiger partial charge in [0, 0.05) is 37.9 Å². The molecule has 31 heavy (non-hydrogen) atoms. The maximum absolute atomic E-state index is 12.7. The van der Waals surface area contributed by atoms with Gasteiger partial charge in [-0.15, -0.1) is 5.10 Å². The first kappa shape index (κ1) is 19.4. The molecule has 1 aliphatic rings. The number of amides is 1. The largest absolute Gasteiger partial charge is 0.352 e. The lowest BCUT2D eigenvalue weighted by molar-refractivity contribution is 0.0951. The first-order chi connectivity index (χ1) is 15.3. The first-order valence-corrected chi connectivity index (χ1v) is 10.6. The van der Waals surface area contributed by atoms with E-state index in [2.05, 4.69) is 49.8 Å². The normalized spacial score (nSPS) is 13.8. The standard InChI is InChI=1S/C24H24N6O/c31-24(26-13-5-14-29-15-11-18-6-1-2-7-20(18)17-29)19-8-3-9-21(16-19)30-23-22(27-28-30)10-4-12-25-23/h1-4,6-10,12,16H,5,11,13-15,17H2,(H,26,31). The van der Waals surface area contributed by atoms with Gasteiger partial charge in [0.15, 0.2) is 5.65 Å². The second-order valence-electron chi connectivity index (χ2n) is 7.80. The van der Waals surface area contributed by atoms with Gasteiger partial charge in [0.25, 0.3) is 5.91 Å². The molecule has 2 aromatic carbocycles. The lowest BCUT2D eigenvalue weighted by Gasteiger charge is -2.28. The number of nitrogens with zero attached hydrogens (tertiary/aromatic N) is 5. The highest BCUT2D eigenvalue weighted by Crippen LogP contribution is 2.18. The second kappa shape index (κ2) is 8.65. The van der Waals surface area contributed by atoms with Crippen LogP contribution in [0.2, 0.25) is 0 Å². The van der Waals surface area contributed by atoms with E-state index in [0.717, 1.165) is 43.7 Å². The van der Waals surface area contributed by atoms with E-state index in [4.69, 9.17) is 0 Å². The number of carbonyl (C=O) groups is 1. The summed E-state index contributed by atoms with van der Waals surface area (Å²) in [6, 6.07) is 19.7. The minimum Gasteiger partial charge on any atom is -0.352 e. The van der Waals surface area contributed by atoms with Crippen LogP contribution in [0.25, 0.3) is 16.9 Å². The summed E-state index contributed by atoms with van der Waals surface area (Å²) in [4.78, 5) is 19.5. The van der Waals surface area contributed by atoms with E-state index in [1.54, 1.807) is 10.9 Å². The molecule has 1 amide bonds. The molecule has 3 heterocycles. The maximum Gasteiger partial charge on any atom is 0.251 e. The van der Waals surface area contributed by atoms with Gasteiger partial charge in [0.05, 0.1) is 5.69 Å². The zero-order chi connectivity index (χ0) is 21.0. The monoisotopic (exact) mass is 412 g/mol. The average molecular weight is 412 g/mol. The van der Waals surface area contributed by atoms with Crippen LogP contribution in [0.15, 0.2) is 66.9 Å². The number of carbonyl (C=O) groups excluding carboxylic acids is 1. The predicted molar refractivity (Wildman–Crippen MR) is 119 cm³/mol. The first-order valence-electron chi connectivity index (χ1n) is 10.6. The topological polar surface area (TPSA) is 75.9 Å². The van der Waals surface area contributed by atoms with Gasteiger partial charge in [-0.2, -0.15) is 4.68 Å². The Balaban J connectivity index is 1.17. The van der Waals surface area contributed by atoms with Crippen LogP contribution >= 0.6 is 0 Å². The van der Waals surface area contributed by atoms with Crippen molar-refractivity contribution >= 4 is 17.1 Å². The highest BCUT2D eigenvalue weighted by Gasteiger charge is 2.15. The lowest BCUT2D eigenvalue weighted by atomic mass is 10.00. The van der Waals surface area contributed by atoms with Gasteiger partial charge in [-0.05, 0) is 54.3 Å². The van der Waals surface area contributed by atoms with E-state index in [0.29, 0.717) is 17.8 Å². The summed E-state index contributed by atoms with van der Waals surface area (Å²) in [5.74, 6) is -0.0804. The van der Waals surface area contributed by atoms with Crippen molar-refractivity contribution in [3.05, 3.63) is 83.6 Å². The molecule has 7 heteroatoms. The molecule has 0 fully saturated rings. The van der Waals surface area contributed by atoms with Crippen molar-refractivity contribution in [1.29, 1.82) is 0 Å². The fraction of sp³-hybridized carbons (Fsp3) is 0.250. The number of aromatic nitrogens is 4. The minimum atomic E-state index is -0.0804. The molecule has 0 bridgehead atoms.